The average Bonchev–Trinajstić information content (AvgIpc) is 2.72. The fourth-order valence-electron chi connectivity index (χ4n) is 3.39. The lowest BCUT2D eigenvalue weighted by Crippen LogP contribution is -2.31. The highest BCUT2D eigenvalue weighted by atomic mass is 19.4. The molecule has 0 amide bonds. The summed E-state index contributed by atoms with van der Waals surface area (Å²) in [4.78, 5) is 9.76. The van der Waals surface area contributed by atoms with Crippen LogP contribution in [-0.4, -0.2) is 36.1 Å². The van der Waals surface area contributed by atoms with Crippen LogP contribution in [0, 0.1) is 11.7 Å². The Hall–Kier alpha value is -2.42. The Morgan fingerprint density at radius 1 is 1.14 bits per heavy atom. The maximum atomic E-state index is 15.0. The lowest BCUT2D eigenvalue weighted by molar-refractivity contribution is -0.137. The van der Waals surface area contributed by atoms with E-state index in [9.17, 15) is 17.6 Å². The number of hydrogen-bond donors (Lipinski definition) is 2. The highest BCUT2D eigenvalue weighted by Crippen LogP contribution is 2.30. The summed E-state index contributed by atoms with van der Waals surface area (Å²) in [6.45, 7) is 5.09. The lowest BCUT2D eigenvalue weighted by Gasteiger charge is -2.25. The Morgan fingerprint density at radius 3 is 2.45 bits per heavy atom. The molecule has 3 rings (SSSR count). The van der Waals surface area contributed by atoms with E-state index in [2.05, 4.69) is 20.6 Å². The number of rotatable bonds is 7. The Bertz CT molecular complexity index is 788. The van der Waals surface area contributed by atoms with E-state index >= 15 is 0 Å². The topological polar surface area (TPSA) is 53.1 Å². The minimum atomic E-state index is -4.38. The number of halogens is 4. The zero-order chi connectivity index (χ0) is 20.9. The second-order valence-corrected chi connectivity index (χ2v) is 7.14. The first-order valence-corrected chi connectivity index (χ1v) is 9.74. The quantitative estimate of drug-likeness (QED) is 0.673. The van der Waals surface area contributed by atoms with Crippen LogP contribution < -0.4 is 15.5 Å². The molecule has 0 bridgehead atoms. The van der Waals surface area contributed by atoms with Gasteiger partial charge in [-0.3, -0.25) is 0 Å². The maximum absolute atomic E-state index is 15.0. The van der Waals surface area contributed by atoms with Crippen LogP contribution >= 0.6 is 0 Å². The maximum Gasteiger partial charge on any atom is 0.416 e. The van der Waals surface area contributed by atoms with Crippen LogP contribution in [0.25, 0.3) is 0 Å². The summed E-state index contributed by atoms with van der Waals surface area (Å²) in [5.41, 5.74) is -0.0657. The second kappa shape index (κ2) is 9.39. The smallest absolute Gasteiger partial charge is 0.367 e. The van der Waals surface area contributed by atoms with E-state index in [0.717, 1.165) is 38.1 Å². The number of anilines is 2. The lowest BCUT2D eigenvalue weighted by atomic mass is 9.98. The van der Waals surface area contributed by atoms with Crippen molar-refractivity contribution in [3.05, 3.63) is 47.5 Å². The Morgan fingerprint density at radius 2 is 1.83 bits per heavy atom. The van der Waals surface area contributed by atoms with E-state index in [1.807, 2.05) is 6.92 Å². The first-order chi connectivity index (χ1) is 13.9. The molecule has 0 radical (unpaired) electrons. The summed E-state index contributed by atoms with van der Waals surface area (Å²) in [5.74, 6) is 0.202. The molecule has 0 atom stereocenters. The number of benzene rings is 1. The predicted molar refractivity (Wildman–Crippen MR) is 104 cm³/mol. The van der Waals surface area contributed by atoms with Crippen LogP contribution in [-0.2, 0) is 12.7 Å². The second-order valence-electron chi connectivity index (χ2n) is 7.14. The molecule has 1 fully saturated rings. The molecule has 2 N–H and O–H groups in total. The van der Waals surface area contributed by atoms with Crippen molar-refractivity contribution in [2.24, 2.45) is 5.92 Å². The molecule has 1 saturated heterocycles. The van der Waals surface area contributed by atoms with Gasteiger partial charge in [0, 0.05) is 19.6 Å². The summed E-state index contributed by atoms with van der Waals surface area (Å²) >= 11 is 0. The van der Waals surface area contributed by atoms with Gasteiger partial charge in [0.15, 0.2) is 11.6 Å². The molecule has 1 aromatic heterocycles. The third kappa shape index (κ3) is 5.56. The van der Waals surface area contributed by atoms with Crippen LogP contribution in [0.1, 0.15) is 30.9 Å². The predicted octanol–water partition coefficient (Wildman–Crippen LogP) is 4.07. The summed E-state index contributed by atoms with van der Waals surface area (Å²) in [6, 6.07) is 4.87. The Kier molecular flexibility index (Phi) is 6.89. The molecule has 0 saturated carbocycles. The Labute approximate surface area is 167 Å². The van der Waals surface area contributed by atoms with E-state index < -0.39 is 17.6 Å². The highest BCUT2D eigenvalue weighted by molar-refractivity contribution is 5.51. The molecule has 1 aromatic carbocycles. The average molecular weight is 411 g/mol. The molecular formula is C20H25F4N5. The van der Waals surface area contributed by atoms with Crippen molar-refractivity contribution in [3.63, 3.8) is 0 Å². The number of hydrogen-bond acceptors (Lipinski definition) is 5. The third-order valence-corrected chi connectivity index (χ3v) is 5.12. The monoisotopic (exact) mass is 411 g/mol. The zero-order valence-corrected chi connectivity index (χ0v) is 16.3. The van der Waals surface area contributed by atoms with Crippen molar-refractivity contribution in [2.75, 3.05) is 36.4 Å². The molecule has 5 nitrogen and oxygen atoms in total. The van der Waals surface area contributed by atoms with Crippen molar-refractivity contribution in [1.82, 2.24) is 15.3 Å². The normalized spacial score (nSPS) is 15.3. The molecule has 29 heavy (non-hydrogen) atoms. The molecule has 1 aliphatic heterocycles. The molecule has 9 heteroatoms. The van der Waals surface area contributed by atoms with Gasteiger partial charge in [-0.05, 0) is 56.5 Å². The van der Waals surface area contributed by atoms with Crippen LogP contribution in [0.5, 0.6) is 0 Å². The third-order valence-electron chi connectivity index (χ3n) is 5.12. The summed E-state index contributed by atoms with van der Waals surface area (Å²) in [6.07, 6.45) is -1.02. The van der Waals surface area contributed by atoms with Crippen LogP contribution in [0.4, 0.5) is 29.2 Å². The highest BCUT2D eigenvalue weighted by Gasteiger charge is 2.30. The van der Waals surface area contributed by atoms with Crippen LogP contribution in [0.15, 0.2) is 30.6 Å². The van der Waals surface area contributed by atoms with Gasteiger partial charge in [0.25, 0.3) is 0 Å². The number of nitrogens with one attached hydrogen (secondary N) is 2. The van der Waals surface area contributed by atoms with E-state index in [-0.39, 0.29) is 18.2 Å². The fourth-order valence-corrected chi connectivity index (χ4v) is 3.39. The van der Waals surface area contributed by atoms with Gasteiger partial charge in [0.1, 0.15) is 6.33 Å². The van der Waals surface area contributed by atoms with E-state index in [0.29, 0.717) is 24.6 Å². The van der Waals surface area contributed by atoms with Gasteiger partial charge in [-0.15, -0.1) is 0 Å². The van der Waals surface area contributed by atoms with Gasteiger partial charge >= 0.3 is 6.18 Å². The van der Waals surface area contributed by atoms with Gasteiger partial charge in [-0.1, -0.05) is 12.1 Å². The molecule has 0 spiro atoms. The van der Waals surface area contributed by atoms with Gasteiger partial charge < -0.3 is 15.5 Å². The fraction of sp³-hybridized carbons (Fsp3) is 0.500. The molecule has 0 aliphatic carbocycles. The number of piperidine rings is 1. The SMILES string of the molecule is CCN(Cc1ccc(C(F)(F)F)cc1)c1ncnc(NCC2CCNCC2)c1F. The number of alkyl halides is 3. The van der Waals surface area contributed by atoms with E-state index in [1.165, 1.54) is 18.5 Å². The van der Waals surface area contributed by atoms with Crippen LogP contribution in [0.3, 0.4) is 0 Å². The van der Waals surface area contributed by atoms with Crippen molar-refractivity contribution >= 4 is 11.6 Å². The standard InChI is InChI=1S/C20H25F4N5/c1-2-29(12-15-3-5-16(6-4-15)20(22,23)24)19-17(21)18(27-13-28-19)26-11-14-7-9-25-10-8-14/h3-6,13-14,25H,2,7-12H2,1H3,(H,26,27,28). The van der Waals surface area contributed by atoms with Crippen molar-refractivity contribution < 1.29 is 17.6 Å². The first-order valence-electron chi connectivity index (χ1n) is 9.74. The van der Waals surface area contributed by atoms with Crippen molar-refractivity contribution in [2.45, 2.75) is 32.5 Å². The zero-order valence-electron chi connectivity index (χ0n) is 16.3. The van der Waals surface area contributed by atoms with Crippen molar-refractivity contribution in [3.8, 4) is 0 Å². The number of aromatic nitrogens is 2. The minimum Gasteiger partial charge on any atom is -0.367 e. The van der Waals surface area contributed by atoms with Crippen molar-refractivity contribution in [1.29, 1.82) is 0 Å². The summed E-state index contributed by atoms with van der Waals surface area (Å²) < 4.78 is 53.2. The van der Waals surface area contributed by atoms with Gasteiger partial charge in [0.2, 0.25) is 5.82 Å². The molecular weight excluding hydrogens is 386 g/mol. The summed E-state index contributed by atoms with van der Waals surface area (Å²) in [7, 11) is 0. The first kappa shape index (κ1) is 21.3. The van der Waals surface area contributed by atoms with Crippen LogP contribution in [0.2, 0.25) is 0 Å². The Balaban J connectivity index is 1.70. The molecule has 1 aliphatic rings. The van der Waals surface area contributed by atoms with E-state index in [4.69, 9.17) is 0 Å². The molecule has 0 unspecified atom stereocenters. The minimum absolute atomic E-state index is 0.134. The molecule has 2 aromatic rings. The van der Waals surface area contributed by atoms with E-state index in [1.54, 1.807) is 4.90 Å². The van der Waals surface area contributed by atoms with Gasteiger partial charge in [-0.2, -0.15) is 17.6 Å². The molecule has 158 valence electrons. The van der Waals surface area contributed by atoms with Gasteiger partial charge in [-0.25, -0.2) is 9.97 Å². The van der Waals surface area contributed by atoms with Gasteiger partial charge in [0.05, 0.1) is 5.56 Å². The molecule has 2 heterocycles. The number of nitrogens with zero attached hydrogens (tertiary/aromatic N) is 3. The summed E-state index contributed by atoms with van der Waals surface area (Å²) in [5, 5.41) is 6.38. The largest absolute Gasteiger partial charge is 0.416 e.